The molecule has 1 aromatic heterocycles. The summed E-state index contributed by atoms with van der Waals surface area (Å²) in [7, 11) is -4.13. The van der Waals surface area contributed by atoms with Crippen molar-refractivity contribution in [3.8, 4) is 0 Å². The Labute approximate surface area is 180 Å². The van der Waals surface area contributed by atoms with Crippen LogP contribution in [0.1, 0.15) is 44.1 Å². The molecule has 0 saturated carbocycles. The van der Waals surface area contributed by atoms with Crippen molar-refractivity contribution in [1.82, 2.24) is 9.29 Å². The highest BCUT2D eigenvalue weighted by atomic mass is 35.5. The number of carbonyl (C=O) groups excluding carboxylic acids is 1. The highest BCUT2D eigenvalue weighted by molar-refractivity contribution is 7.89. The van der Waals surface area contributed by atoms with E-state index in [0.717, 1.165) is 0 Å². The van der Waals surface area contributed by atoms with Crippen LogP contribution in [0.4, 0.5) is 0 Å². The number of nitrogens with zero attached hydrogens (tertiary/aromatic N) is 1. The number of hydrogen-bond acceptors (Lipinski definition) is 4. The predicted molar refractivity (Wildman–Crippen MR) is 114 cm³/mol. The lowest BCUT2D eigenvalue weighted by Crippen LogP contribution is -2.46. The zero-order chi connectivity index (χ0) is 22.4. The SMILES string of the molecule is CC(C)(C)C(C(=O)O)C1CCCN(S(=O)(=O)c2c(C(N)=O)[nH]c3ccc(Cl)cc23)C1. The minimum absolute atomic E-state index is 0.0576. The fraction of sp³-hybridized carbons (Fsp3) is 0.500. The number of carbonyl (C=O) groups is 2. The van der Waals surface area contributed by atoms with E-state index in [2.05, 4.69) is 4.98 Å². The highest BCUT2D eigenvalue weighted by Gasteiger charge is 2.43. The Morgan fingerprint density at radius 1 is 1.33 bits per heavy atom. The summed E-state index contributed by atoms with van der Waals surface area (Å²) in [6, 6.07) is 4.64. The van der Waals surface area contributed by atoms with Crippen LogP contribution in [0.2, 0.25) is 5.02 Å². The van der Waals surface area contributed by atoms with Gasteiger partial charge in [-0.2, -0.15) is 4.31 Å². The Hall–Kier alpha value is -2.10. The van der Waals surface area contributed by atoms with E-state index >= 15 is 0 Å². The van der Waals surface area contributed by atoms with Crippen molar-refractivity contribution < 1.29 is 23.1 Å². The van der Waals surface area contributed by atoms with Crippen LogP contribution in [0.15, 0.2) is 23.1 Å². The summed E-state index contributed by atoms with van der Waals surface area (Å²) in [5, 5.41) is 10.4. The molecule has 4 N–H and O–H groups in total. The molecule has 3 rings (SSSR count). The van der Waals surface area contributed by atoms with Crippen molar-refractivity contribution in [3.63, 3.8) is 0 Å². The minimum atomic E-state index is -4.13. The topological polar surface area (TPSA) is 134 Å². The van der Waals surface area contributed by atoms with Crippen LogP contribution in [-0.4, -0.2) is 47.8 Å². The molecule has 1 aliphatic rings. The number of aromatic amines is 1. The second-order valence-electron chi connectivity index (χ2n) is 8.83. The Morgan fingerprint density at radius 3 is 2.57 bits per heavy atom. The molecule has 2 heterocycles. The number of primary amides is 1. The number of sulfonamides is 1. The summed E-state index contributed by atoms with van der Waals surface area (Å²) in [6.45, 7) is 5.81. The number of halogens is 1. The van der Waals surface area contributed by atoms with Crippen molar-refractivity contribution in [2.75, 3.05) is 13.1 Å². The number of carboxylic acid groups (broad SMARTS) is 1. The average Bonchev–Trinajstić information content (AvgIpc) is 3.00. The van der Waals surface area contributed by atoms with Gasteiger partial charge >= 0.3 is 5.97 Å². The predicted octanol–water partition coefficient (Wildman–Crippen LogP) is 3.07. The van der Waals surface area contributed by atoms with Crippen LogP contribution in [-0.2, 0) is 14.8 Å². The lowest BCUT2D eigenvalue weighted by molar-refractivity contribution is -0.149. The van der Waals surface area contributed by atoms with E-state index < -0.39 is 33.2 Å². The molecule has 2 aromatic rings. The van der Waals surface area contributed by atoms with Crippen molar-refractivity contribution >= 4 is 44.4 Å². The van der Waals surface area contributed by atoms with E-state index in [0.29, 0.717) is 23.4 Å². The molecule has 1 aromatic carbocycles. The quantitative estimate of drug-likeness (QED) is 0.637. The molecule has 30 heavy (non-hydrogen) atoms. The summed E-state index contributed by atoms with van der Waals surface area (Å²) in [6.07, 6.45) is 1.14. The molecule has 10 heteroatoms. The fourth-order valence-corrected chi connectivity index (χ4v) is 6.50. The average molecular weight is 456 g/mol. The largest absolute Gasteiger partial charge is 0.481 e. The van der Waals surface area contributed by atoms with Crippen molar-refractivity contribution in [2.24, 2.45) is 23.0 Å². The van der Waals surface area contributed by atoms with Crippen LogP contribution in [0.3, 0.4) is 0 Å². The third-order valence-corrected chi connectivity index (χ3v) is 7.83. The molecule has 1 fully saturated rings. The zero-order valence-electron chi connectivity index (χ0n) is 17.1. The third-order valence-electron chi connectivity index (χ3n) is 5.65. The molecule has 0 spiro atoms. The molecule has 0 radical (unpaired) electrons. The number of nitrogens with two attached hydrogens (primary N) is 1. The maximum atomic E-state index is 13.6. The third kappa shape index (κ3) is 4.06. The first-order valence-electron chi connectivity index (χ1n) is 9.68. The molecular weight excluding hydrogens is 430 g/mol. The van der Waals surface area contributed by atoms with Gasteiger partial charge in [0, 0.05) is 29.0 Å². The Bertz CT molecular complexity index is 1100. The number of piperidine rings is 1. The maximum Gasteiger partial charge on any atom is 0.307 e. The number of benzene rings is 1. The van der Waals surface area contributed by atoms with Gasteiger partial charge in [-0.1, -0.05) is 32.4 Å². The molecule has 1 saturated heterocycles. The van der Waals surface area contributed by atoms with Crippen molar-refractivity contribution in [1.29, 1.82) is 0 Å². The first-order valence-corrected chi connectivity index (χ1v) is 11.5. The molecule has 0 bridgehead atoms. The van der Waals surface area contributed by atoms with Gasteiger partial charge in [0.25, 0.3) is 5.91 Å². The number of amides is 1. The zero-order valence-corrected chi connectivity index (χ0v) is 18.7. The monoisotopic (exact) mass is 455 g/mol. The number of aromatic nitrogens is 1. The number of aliphatic carboxylic acids is 1. The molecular formula is C20H26ClN3O5S. The van der Waals surface area contributed by atoms with Gasteiger partial charge in [0.05, 0.1) is 5.92 Å². The van der Waals surface area contributed by atoms with Gasteiger partial charge in [-0.3, -0.25) is 9.59 Å². The molecule has 2 unspecified atom stereocenters. The van der Waals surface area contributed by atoms with Gasteiger partial charge in [0.2, 0.25) is 10.0 Å². The van der Waals surface area contributed by atoms with Crippen LogP contribution < -0.4 is 5.73 Å². The Balaban J connectivity index is 2.08. The van der Waals surface area contributed by atoms with Crippen LogP contribution in [0.5, 0.6) is 0 Å². The Morgan fingerprint density at radius 2 is 2.00 bits per heavy atom. The van der Waals surface area contributed by atoms with E-state index in [4.69, 9.17) is 17.3 Å². The number of rotatable bonds is 5. The summed E-state index contributed by atoms with van der Waals surface area (Å²) in [5.41, 5.74) is 5.14. The van der Waals surface area contributed by atoms with E-state index in [1.807, 2.05) is 20.8 Å². The summed E-state index contributed by atoms with van der Waals surface area (Å²) < 4.78 is 28.5. The lowest BCUT2D eigenvalue weighted by Gasteiger charge is -2.39. The van der Waals surface area contributed by atoms with Crippen molar-refractivity contribution in [2.45, 2.75) is 38.5 Å². The molecule has 164 valence electrons. The van der Waals surface area contributed by atoms with E-state index in [1.165, 1.54) is 10.4 Å². The van der Waals surface area contributed by atoms with E-state index in [1.54, 1.807) is 12.1 Å². The second kappa shape index (κ2) is 7.86. The number of hydrogen-bond donors (Lipinski definition) is 3. The van der Waals surface area contributed by atoms with Crippen LogP contribution in [0, 0.1) is 17.3 Å². The van der Waals surface area contributed by atoms with Crippen molar-refractivity contribution in [3.05, 3.63) is 28.9 Å². The summed E-state index contributed by atoms with van der Waals surface area (Å²) in [4.78, 5) is 26.5. The highest BCUT2D eigenvalue weighted by Crippen LogP contribution is 2.39. The first kappa shape index (κ1) is 22.6. The minimum Gasteiger partial charge on any atom is -0.481 e. The molecule has 0 aliphatic carbocycles. The molecule has 2 atom stereocenters. The molecule has 1 aliphatic heterocycles. The van der Waals surface area contributed by atoms with Gasteiger partial charge in [-0.25, -0.2) is 8.42 Å². The van der Waals surface area contributed by atoms with Gasteiger partial charge in [-0.15, -0.1) is 0 Å². The van der Waals surface area contributed by atoms with Gasteiger partial charge in [0.15, 0.2) is 0 Å². The van der Waals surface area contributed by atoms with Crippen LogP contribution in [0.25, 0.3) is 10.9 Å². The fourth-order valence-electron chi connectivity index (χ4n) is 4.45. The first-order chi connectivity index (χ1) is 13.8. The number of carboxylic acids is 1. The smallest absolute Gasteiger partial charge is 0.307 e. The second-order valence-corrected chi connectivity index (χ2v) is 11.1. The van der Waals surface area contributed by atoms with Gasteiger partial charge in [0.1, 0.15) is 10.6 Å². The normalized spacial score (nSPS) is 19.7. The molecule has 8 nitrogen and oxygen atoms in total. The van der Waals surface area contributed by atoms with Crippen LogP contribution >= 0.6 is 11.6 Å². The Kier molecular flexibility index (Phi) is 5.92. The molecule has 1 amide bonds. The lowest BCUT2D eigenvalue weighted by atomic mass is 9.71. The summed E-state index contributed by atoms with van der Waals surface area (Å²) in [5.74, 6) is -2.89. The van der Waals surface area contributed by atoms with Gasteiger partial charge < -0.3 is 15.8 Å². The number of fused-ring (bicyclic) bond motifs is 1. The number of H-pyrrole nitrogens is 1. The summed E-state index contributed by atoms with van der Waals surface area (Å²) >= 11 is 6.06. The van der Waals surface area contributed by atoms with E-state index in [9.17, 15) is 23.1 Å². The van der Waals surface area contributed by atoms with E-state index in [-0.39, 0.29) is 35.0 Å². The number of nitrogens with one attached hydrogen (secondary N) is 1. The standard InChI is InChI=1S/C20H26ClN3O5S/c1-20(2,3)15(19(26)27)11-5-4-8-24(10-11)30(28,29)17-13-9-12(21)6-7-14(13)23-16(17)18(22)25/h6-7,9,11,15,23H,4-5,8,10H2,1-3H3,(H2,22,25)(H,26,27). The van der Waals surface area contributed by atoms with Gasteiger partial charge in [-0.05, 0) is 42.4 Å². The maximum absolute atomic E-state index is 13.6.